The zero-order valence-electron chi connectivity index (χ0n) is 10.2. The number of alkyl halides is 3. The second-order valence-electron chi connectivity index (χ2n) is 3.49. The lowest BCUT2D eigenvalue weighted by Gasteiger charge is -2.14. The molecule has 1 aromatic rings. The second kappa shape index (κ2) is 6.63. The van der Waals surface area contributed by atoms with E-state index in [0.29, 0.717) is 0 Å². The number of carbonyl (C=O) groups excluding carboxylic acids is 1. The Morgan fingerprint density at radius 1 is 1.26 bits per heavy atom. The number of nitrogens with two attached hydrogens (primary N) is 1. The van der Waals surface area contributed by atoms with Crippen molar-refractivity contribution >= 4 is 18.4 Å². The Morgan fingerprint density at radius 2 is 1.84 bits per heavy atom. The lowest BCUT2D eigenvalue weighted by Crippen LogP contribution is -2.23. The van der Waals surface area contributed by atoms with E-state index in [1.807, 2.05) is 0 Å². The molecule has 4 nitrogen and oxygen atoms in total. The van der Waals surface area contributed by atoms with E-state index in [2.05, 4.69) is 4.74 Å². The van der Waals surface area contributed by atoms with Crippen molar-refractivity contribution in [3.05, 3.63) is 29.3 Å². The Morgan fingerprint density at radius 3 is 2.26 bits per heavy atom. The van der Waals surface area contributed by atoms with Crippen LogP contribution >= 0.6 is 12.4 Å². The van der Waals surface area contributed by atoms with Gasteiger partial charge in [0.15, 0.2) is 0 Å². The number of rotatable bonds is 3. The van der Waals surface area contributed by atoms with Gasteiger partial charge in [-0.15, -0.1) is 12.4 Å². The van der Waals surface area contributed by atoms with Crippen LogP contribution in [0.15, 0.2) is 18.2 Å². The first-order valence-electron chi connectivity index (χ1n) is 4.89. The van der Waals surface area contributed by atoms with Gasteiger partial charge in [-0.25, -0.2) is 0 Å². The van der Waals surface area contributed by atoms with Gasteiger partial charge in [-0.05, 0) is 23.8 Å². The van der Waals surface area contributed by atoms with Crippen molar-refractivity contribution in [1.82, 2.24) is 0 Å². The van der Waals surface area contributed by atoms with Crippen LogP contribution in [-0.2, 0) is 15.7 Å². The summed E-state index contributed by atoms with van der Waals surface area (Å²) < 4.78 is 47.0. The van der Waals surface area contributed by atoms with Gasteiger partial charge in [-0.3, -0.25) is 4.79 Å². The summed E-state index contributed by atoms with van der Waals surface area (Å²) in [6.45, 7) is 0. The molecule has 108 valence electrons. The first-order valence-corrected chi connectivity index (χ1v) is 4.89. The van der Waals surface area contributed by atoms with Crippen LogP contribution in [0.5, 0.6) is 5.75 Å². The molecule has 0 heterocycles. The highest BCUT2D eigenvalue weighted by Gasteiger charge is 2.32. The van der Waals surface area contributed by atoms with Gasteiger partial charge in [0.2, 0.25) is 0 Å². The van der Waals surface area contributed by atoms with Gasteiger partial charge in [0.1, 0.15) is 11.8 Å². The molecule has 0 aliphatic carbocycles. The van der Waals surface area contributed by atoms with Gasteiger partial charge < -0.3 is 15.2 Å². The fraction of sp³-hybridized carbons (Fsp3) is 0.364. The summed E-state index contributed by atoms with van der Waals surface area (Å²) in [4.78, 5) is 11.2. The quantitative estimate of drug-likeness (QED) is 0.870. The second-order valence-corrected chi connectivity index (χ2v) is 3.49. The molecule has 1 rings (SSSR count). The fourth-order valence-corrected chi connectivity index (χ4v) is 1.35. The molecule has 0 saturated carbocycles. The maximum atomic E-state index is 12.6. The van der Waals surface area contributed by atoms with Crippen molar-refractivity contribution in [1.29, 1.82) is 0 Å². The topological polar surface area (TPSA) is 61.5 Å². The third kappa shape index (κ3) is 4.29. The molecule has 19 heavy (non-hydrogen) atoms. The summed E-state index contributed by atoms with van der Waals surface area (Å²) in [5.74, 6) is -0.851. The number of halogens is 4. The molecule has 0 bridgehead atoms. The van der Waals surface area contributed by atoms with Crippen molar-refractivity contribution in [2.24, 2.45) is 5.73 Å². The molecule has 2 N–H and O–H groups in total. The Bertz CT molecular complexity index is 451. The Labute approximate surface area is 114 Å². The Balaban J connectivity index is 0.00000324. The molecule has 0 unspecified atom stereocenters. The van der Waals surface area contributed by atoms with Crippen LogP contribution in [0.1, 0.15) is 17.2 Å². The van der Waals surface area contributed by atoms with E-state index in [-0.39, 0.29) is 23.7 Å². The maximum Gasteiger partial charge on any atom is 0.416 e. The first kappa shape index (κ1) is 17.5. The third-order valence-electron chi connectivity index (χ3n) is 2.31. The summed E-state index contributed by atoms with van der Waals surface area (Å²) in [6, 6.07) is 1.60. The van der Waals surface area contributed by atoms with Gasteiger partial charge in [0.25, 0.3) is 0 Å². The van der Waals surface area contributed by atoms with Gasteiger partial charge >= 0.3 is 12.1 Å². The molecule has 0 aliphatic rings. The highest BCUT2D eigenvalue weighted by atomic mass is 35.5. The number of ether oxygens (including phenoxy) is 2. The minimum Gasteiger partial charge on any atom is -0.497 e. The lowest BCUT2D eigenvalue weighted by molar-refractivity contribution is -0.143. The summed E-state index contributed by atoms with van der Waals surface area (Å²) >= 11 is 0. The molecule has 8 heteroatoms. The van der Waals surface area contributed by atoms with E-state index in [4.69, 9.17) is 10.5 Å². The first-order chi connectivity index (χ1) is 8.29. The number of hydrogen-bond acceptors (Lipinski definition) is 4. The number of hydrogen-bond donors (Lipinski definition) is 1. The number of methoxy groups -OCH3 is 2. The van der Waals surface area contributed by atoms with Crippen molar-refractivity contribution in [2.75, 3.05) is 14.2 Å². The Hall–Kier alpha value is -1.47. The van der Waals surface area contributed by atoms with Crippen LogP contribution in [-0.4, -0.2) is 20.2 Å². The summed E-state index contributed by atoms with van der Waals surface area (Å²) in [5, 5.41) is 0. The van der Waals surface area contributed by atoms with E-state index >= 15 is 0 Å². The molecule has 0 spiro atoms. The minimum atomic E-state index is -4.54. The molecule has 0 aliphatic heterocycles. The SMILES string of the molecule is COC(=O)[C@H](N)c1cc(OC)cc(C(F)(F)F)c1.Cl. The third-order valence-corrected chi connectivity index (χ3v) is 2.31. The van der Waals surface area contributed by atoms with Crippen LogP contribution < -0.4 is 10.5 Å². The molecule has 0 saturated heterocycles. The molecule has 0 aromatic heterocycles. The number of esters is 1. The van der Waals surface area contributed by atoms with Gasteiger partial charge in [0.05, 0.1) is 19.8 Å². The summed E-state index contributed by atoms with van der Waals surface area (Å²) in [5.41, 5.74) is 4.53. The van der Waals surface area contributed by atoms with Crippen molar-refractivity contribution < 1.29 is 27.4 Å². The van der Waals surface area contributed by atoms with Crippen molar-refractivity contribution in [2.45, 2.75) is 12.2 Å². The Kier molecular flexibility index (Phi) is 6.11. The van der Waals surface area contributed by atoms with Gasteiger partial charge in [-0.2, -0.15) is 13.2 Å². The molecule has 0 amide bonds. The van der Waals surface area contributed by atoms with E-state index in [9.17, 15) is 18.0 Å². The molecule has 0 radical (unpaired) electrons. The molecule has 0 fully saturated rings. The van der Waals surface area contributed by atoms with Crippen molar-refractivity contribution in [3.8, 4) is 5.75 Å². The van der Waals surface area contributed by atoms with Crippen LogP contribution in [0.3, 0.4) is 0 Å². The molecular formula is C11H13ClF3NO3. The number of carbonyl (C=O) groups is 1. The standard InChI is InChI=1S/C11H12F3NO3.ClH/c1-17-8-4-6(9(15)10(16)18-2)3-7(5-8)11(12,13)14;/h3-5,9H,15H2,1-2H3;1H/t9-;/m1./s1. The average Bonchev–Trinajstić information content (AvgIpc) is 2.35. The summed E-state index contributed by atoms with van der Waals surface area (Å²) in [7, 11) is 2.33. The van der Waals surface area contributed by atoms with E-state index in [1.165, 1.54) is 13.2 Å². The largest absolute Gasteiger partial charge is 0.497 e. The normalized spacial score (nSPS) is 12.3. The number of benzene rings is 1. The maximum absolute atomic E-state index is 12.6. The molecule has 1 atom stereocenters. The monoisotopic (exact) mass is 299 g/mol. The van der Waals surface area contributed by atoms with Crippen LogP contribution in [0, 0.1) is 0 Å². The van der Waals surface area contributed by atoms with Crippen LogP contribution in [0.4, 0.5) is 13.2 Å². The zero-order valence-corrected chi connectivity index (χ0v) is 11.0. The smallest absolute Gasteiger partial charge is 0.416 e. The van der Waals surface area contributed by atoms with Crippen LogP contribution in [0.25, 0.3) is 0 Å². The van der Waals surface area contributed by atoms with E-state index in [1.54, 1.807) is 0 Å². The lowest BCUT2D eigenvalue weighted by atomic mass is 10.0. The van der Waals surface area contributed by atoms with E-state index < -0.39 is 23.8 Å². The highest BCUT2D eigenvalue weighted by Crippen LogP contribution is 2.33. The van der Waals surface area contributed by atoms with Crippen LogP contribution in [0.2, 0.25) is 0 Å². The van der Waals surface area contributed by atoms with E-state index in [0.717, 1.165) is 19.2 Å². The zero-order chi connectivity index (χ0) is 13.9. The predicted octanol–water partition coefficient (Wildman–Crippen LogP) is 2.31. The molecule has 1 aromatic carbocycles. The fourth-order valence-electron chi connectivity index (χ4n) is 1.35. The highest BCUT2D eigenvalue weighted by molar-refractivity contribution is 5.85. The van der Waals surface area contributed by atoms with Gasteiger partial charge in [0, 0.05) is 0 Å². The minimum absolute atomic E-state index is 0. The van der Waals surface area contributed by atoms with Crippen molar-refractivity contribution in [3.63, 3.8) is 0 Å². The summed E-state index contributed by atoms with van der Waals surface area (Å²) in [6.07, 6.45) is -4.54. The van der Waals surface area contributed by atoms with Gasteiger partial charge in [-0.1, -0.05) is 0 Å². The predicted molar refractivity (Wildman–Crippen MR) is 64.2 cm³/mol. The average molecular weight is 300 g/mol. The molecular weight excluding hydrogens is 287 g/mol.